The van der Waals surface area contributed by atoms with E-state index in [9.17, 15) is 4.79 Å². The minimum absolute atomic E-state index is 0.0108. The number of para-hydroxylation sites is 1. The van der Waals surface area contributed by atoms with E-state index in [4.69, 9.17) is 0 Å². The van der Waals surface area contributed by atoms with Gasteiger partial charge in [0.25, 0.3) is 5.91 Å². The van der Waals surface area contributed by atoms with E-state index in [1.165, 1.54) is 0 Å². The van der Waals surface area contributed by atoms with Gasteiger partial charge in [-0.05, 0) is 42.8 Å². The highest BCUT2D eigenvalue weighted by molar-refractivity contribution is 5.95. The van der Waals surface area contributed by atoms with Crippen LogP contribution in [0.25, 0.3) is 16.7 Å². The number of pyridine rings is 2. The predicted molar refractivity (Wildman–Crippen MR) is 106 cm³/mol. The fourth-order valence-electron chi connectivity index (χ4n) is 3.76. The van der Waals surface area contributed by atoms with Crippen LogP contribution in [0.2, 0.25) is 0 Å². The van der Waals surface area contributed by atoms with Crippen LogP contribution in [0.1, 0.15) is 27.3 Å². The summed E-state index contributed by atoms with van der Waals surface area (Å²) in [5.74, 6) is 0.0108. The third kappa shape index (κ3) is 2.74. The fraction of sp³-hybridized carbons (Fsp3) is 0.182. The van der Waals surface area contributed by atoms with Gasteiger partial charge in [-0.1, -0.05) is 18.2 Å². The van der Waals surface area contributed by atoms with Crippen LogP contribution in [-0.4, -0.2) is 37.1 Å². The van der Waals surface area contributed by atoms with Gasteiger partial charge in [0.15, 0.2) is 5.65 Å². The summed E-state index contributed by atoms with van der Waals surface area (Å²) < 4.78 is 1.81. The highest BCUT2D eigenvalue weighted by Crippen LogP contribution is 2.24. The highest BCUT2D eigenvalue weighted by atomic mass is 16.2. The van der Waals surface area contributed by atoms with Gasteiger partial charge in [-0.25, -0.2) is 14.6 Å². The largest absolute Gasteiger partial charge is 0.334 e. The lowest BCUT2D eigenvalue weighted by Gasteiger charge is -2.28. The van der Waals surface area contributed by atoms with Crippen molar-refractivity contribution in [2.24, 2.45) is 0 Å². The van der Waals surface area contributed by atoms with Gasteiger partial charge in [-0.3, -0.25) is 4.79 Å². The standard InChI is InChI=1S/C22H19N5O/c1-15-19(13-24-27(15)18-7-3-2-4-8-18)22(28)26-11-9-20-17(14-26)12-16-6-5-10-23-21(16)25-20/h2-8,10,12-13H,9,11,14H2,1H3. The molecule has 0 atom stereocenters. The van der Waals surface area contributed by atoms with Crippen molar-refractivity contribution in [3.63, 3.8) is 0 Å². The molecule has 1 aliphatic heterocycles. The smallest absolute Gasteiger partial charge is 0.257 e. The molecule has 6 heteroatoms. The molecule has 1 amide bonds. The molecule has 0 saturated heterocycles. The van der Waals surface area contributed by atoms with Crippen LogP contribution >= 0.6 is 0 Å². The zero-order valence-corrected chi connectivity index (χ0v) is 15.5. The van der Waals surface area contributed by atoms with E-state index < -0.39 is 0 Å². The van der Waals surface area contributed by atoms with E-state index in [2.05, 4.69) is 21.1 Å². The monoisotopic (exact) mass is 369 g/mol. The van der Waals surface area contributed by atoms with Gasteiger partial charge >= 0.3 is 0 Å². The number of carbonyl (C=O) groups is 1. The SMILES string of the molecule is Cc1c(C(=O)N2CCc3nc4ncccc4cc3C2)cnn1-c1ccccc1. The number of benzene rings is 1. The van der Waals surface area contributed by atoms with E-state index in [0.29, 0.717) is 18.7 Å². The molecule has 1 aliphatic rings. The Labute approximate surface area is 162 Å². The van der Waals surface area contributed by atoms with Gasteiger partial charge in [0.05, 0.1) is 23.1 Å². The van der Waals surface area contributed by atoms with Crippen LogP contribution in [0.15, 0.2) is 60.9 Å². The summed E-state index contributed by atoms with van der Waals surface area (Å²) in [5.41, 5.74) is 5.33. The van der Waals surface area contributed by atoms with Crippen molar-refractivity contribution in [1.29, 1.82) is 0 Å². The van der Waals surface area contributed by atoms with Crippen molar-refractivity contribution in [2.45, 2.75) is 19.9 Å². The van der Waals surface area contributed by atoms with E-state index in [1.54, 1.807) is 12.4 Å². The molecule has 1 aromatic carbocycles. The van der Waals surface area contributed by atoms with Gasteiger partial charge in [0.2, 0.25) is 0 Å². The molecule has 4 heterocycles. The lowest BCUT2D eigenvalue weighted by atomic mass is 10.0. The predicted octanol–water partition coefficient (Wildman–Crippen LogP) is 3.32. The molecular formula is C22H19N5O. The van der Waals surface area contributed by atoms with Crippen molar-refractivity contribution >= 4 is 16.9 Å². The summed E-state index contributed by atoms with van der Waals surface area (Å²) >= 11 is 0. The van der Waals surface area contributed by atoms with E-state index in [0.717, 1.165) is 40.1 Å². The second-order valence-electron chi connectivity index (χ2n) is 7.01. The Hall–Kier alpha value is -3.54. The highest BCUT2D eigenvalue weighted by Gasteiger charge is 2.26. The van der Waals surface area contributed by atoms with Gasteiger partial charge < -0.3 is 4.90 Å². The number of amides is 1. The summed E-state index contributed by atoms with van der Waals surface area (Å²) in [7, 11) is 0. The zero-order valence-electron chi connectivity index (χ0n) is 15.5. The van der Waals surface area contributed by atoms with E-state index >= 15 is 0 Å². The molecule has 0 saturated carbocycles. The maximum absolute atomic E-state index is 13.2. The van der Waals surface area contributed by atoms with Crippen LogP contribution in [-0.2, 0) is 13.0 Å². The summed E-state index contributed by atoms with van der Waals surface area (Å²) in [6.07, 6.45) is 4.16. The number of hydrogen-bond donors (Lipinski definition) is 0. The van der Waals surface area contributed by atoms with Gasteiger partial charge in [0, 0.05) is 36.8 Å². The molecule has 0 spiro atoms. The average molecular weight is 369 g/mol. The van der Waals surface area contributed by atoms with Gasteiger partial charge in [-0.2, -0.15) is 5.10 Å². The first-order valence-electron chi connectivity index (χ1n) is 9.33. The first-order chi connectivity index (χ1) is 13.7. The number of carbonyl (C=O) groups excluding carboxylic acids is 1. The number of nitrogens with zero attached hydrogens (tertiary/aromatic N) is 5. The summed E-state index contributed by atoms with van der Waals surface area (Å²) in [4.78, 5) is 24.1. The summed E-state index contributed by atoms with van der Waals surface area (Å²) in [6, 6.07) is 15.9. The molecular weight excluding hydrogens is 350 g/mol. The van der Waals surface area contributed by atoms with Crippen LogP contribution in [0.3, 0.4) is 0 Å². The minimum atomic E-state index is 0.0108. The zero-order chi connectivity index (χ0) is 19.1. The maximum atomic E-state index is 13.2. The summed E-state index contributed by atoms with van der Waals surface area (Å²) in [5, 5.41) is 5.44. The number of hydrogen-bond acceptors (Lipinski definition) is 4. The Balaban J connectivity index is 1.44. The third-order valence-electron chi connectivity index (χ3n) is 5.27. The quantitative estimate of drug-likeness (QED) is 0.544. The van der Waals surface area contributed by atoms with Crippen LogP contribution in [0, 0.1) is 6.92 Å². The second-order valence-corrected chi connectivity index (χ2v) is 7.01. The second kappa shape index (κ2) is 6.56. The molecule has 28 heavy (non-hydrogen) atoms. The van der Waals surface area contributed by atoms with Crippen molar-refractivity contribution < 1.29 is 4.79 Å². The van der Waals surface area contributed by atoms with Crippen molar-refractivity contribution in [2.75, 3.05) is 6.54 Å². The molecule has 0 radical (unpaired) electrons. The Kier molecular flexibility index (Phi) is 3.90. The Morgan fingerprint density at radius 3 is 2.82 bits per heavy atom. The van der Waals surface area contributed by atoms with Crippen molar-refractivity contribution in [3.05, 3.63) is 83.4 Å². The fourth-order valence-corrected chi connectivity index (χ4v) is 3.76. The molecule has 0 aliphatic carbocycles. The summed E-state index contributed by atoms with van der Waals surface area (Å²) in [6.45, 7) is 3.14. The van der Waals surface area contributed by atoms with Crippen LogP contribution in [0.4, 0.5) is 0 Å². The third-order valence-corrected chi connectivity index (χ3v) is 5.27. The van der Waals surface area contributed by atoms with Gasteiger partial charge in [-0.15, -0.1) is 0 Å². The lowest BCUT2D eigenvalue weighted by molar-refractivity contribution is 0.0733. The molecule has 138 valence electrons. The van der Waals surface area contributed by atoms with E-state index in [-0.39, 0.29) is 5.91 Å². The maximum Gasteiger partial charge on any atom is 0.257 e. The molecule has 4 aromatic rings. The average Bonchev–Trinajstić information content (AvgIpc) is 3.13. The molecule has 3 aromatic heterocycles. The van der Waals surface area contributed by atoms with Crippen molar-refractivity contribution in [1.82, 2.24) is 24.6 Å². The molecule has 0 bridgehead atoms. The Morgan fingerprint density at radius 1 is 1.11 bits per heavy atom. The van der Waals surface area contributed by atoms with Crippen molar-refractivity contribution in [3.8, 4) is 5.69 Å². The normalized spacial score (nSPS) is 13.5. The molecule has 0 N–H and O–H groups in total. The Morgan fingerprint density at radius 2 is 1.96 bits per heavy atom. The van der Waals surface area contributed by atoms with Crippen LogP contribution in [0.5, 0.6) is 0 Å². The first-order valence-corrected chi connectivity index (χ1v) is 9.33. The minimum Gasteiger partial charge on any atom is -0.334 e. The molecule has 0 unspecified atom stereocenters. The molecule has 5 rings (SSSR count). The molecule has 0 fully saturated rings. The topological polar surface area (TPSA) is 63.9 Å². The first kappa shape index (κ1) is 16.6. The van der Waals surface area contributed by atoms with E-state index in [1.807, 2.05) is 59.0 Å². The lowest BCUT2D eigenvalue weighted by Crippen LogP contribution is -2.36. The Bertz CT molecular complexity index is 1180. The number of aromatic nitrogens is 4. The molecule has 6 nitrogen and oxygen atoms in total. The number of rotatable bonds is 2. The van der Waals surface area contributed by atoms with Gasteiger partial charge in [0.1, 0.15) is 0 Å². The number of fused-ring (bicyclic) bond motifs is 2. The van der Waals surface area contributed by atoms with Crippen LogP contribution < -0.4 is 0 Å².